The molecule has 32 heavy (non-hydrogen) atoms. The monoisotopic (exact) mass is 465 g/mol. The summed E-state index contributed by atoms with van der Waals surface area (Å²) in [5, 5.41) is 10.8. The van der Waals surface area contributed by atoms with Crippen LogP contribution in [0.2, 0.25) is 5.02 Å². The van der Waals surface area contributed by atoms with Crippen molar-refractivity contribution in [3.8, 4) is 11.3 Å². The molecule has 3 aromatic heterocycles. The first kappa shape index (κ1) is 20.3. The van der Waals surface area contributed by atoms with Crippen molar-refractivity contribution in [1.29, 1.82) is 0 Å². The summed E-state index contributed by atoms with van der Waals surface area (Å²) in [6.45, 7) is 1.88. The molecule has 0 unspecified atom stereocenters. The second kappa shape index (κ2) is 7.22. The molecule has 0 atom stereocenters. The summed E-state index contributed by atoms with van der Waals surface area (Å²) in [5.41, 5.74) is 2.74. The minimum atomic E-state index is -4.04. The molecule has 2 aromatic carbocycles. The van der Waals surface area contributed by atoms with E-state index in [2.05, 4.69) is 9.97 Å². The van der Waals surface area contributed by atoms with Crippen LogP contribution < -0.4 is 0 Å². The van der Waals surface area contributed by atoms with E-state index in [9.17, 15) is 18.3 Å². The van der Waals surface area contributed by atoms with E-state index in [1.807, 2.05) is 6.92 Å². The molecular weight excluding hydrogens is 450 g/mol. The third kappa shape index (κ3) is 3.07. The summed E-state index contributed by atoms with van der Waals surface area (Å²) in [5.74, 6) is -1.07. The average molecular weight is 466 g/mol. The molecule has 3 heterocycles. The number of pyridine rings is 1. The Morgan fingerprint density at radius 3 is 2.53 bits per heavy atom. The summed E-state index contributed by atoms with van der Waals surface area (Å²) in [7, 11) is -4.04. The van der Waals surface area contributed by atoms with Gasteiger partial charge in [0.05, 0.1) is 21.2 Å². The second-order valence-corrected chi connectivity index (χ2v) is 9.60. The Labute approximate surface area is 188 Å². The van der Waals surface area contributed by atoms with E-state index in [-0.39, 0.29) is 16.1 Å². The lowest BCUT2D eigenvalue weighted by Gasteiger charge is -2.11. The van der Waals surface area contributed by atoms with Crippen LogP contribution in [0.15, 0.2) is 71.9 Å². The number of hydrogen-bond donors (Lipinski definition) is 2. The zero-order valence-electron chi connectivity index (χ0n) is 16.7. The lowest BCUT2D eigenvalue weighted by atomic mass is 10.1. The zero-order chi connectivity index (χ0) is 22.6. The van der Waals surface area contributed by atoms with E-state index >= 15 is 0 Å². The van der Waals surface area contributed by atoms with Gasteiger partial charge in [-0.1, -0.05) is 29.3 Å². The number of aromatic nitrogens is 3. The quantitative estimate of drug-likeness (QED) is 0.385. The molecular formula is C23H16ClN3O4S. The van der Waals surface area contributed by atoms with Crippen LogP contribution in [-0.2, 0) is 10.0 Å². The standard InChI is InChI=1S/C23H16ClN3O4S/c1-13-2-5-15(6-3-13)32(30,31)27-21(11-17-19(24)8-9-25-22(17)27)18-12-26-20-7-4-14(23(28)29)10-16(18)20/h2-12,26H,1H3,(H,28,29). The molecule has 0 aliphatic heterocycles. The lowest BCUT2D eigenvalue weighted by Crippen LogP contribution is -2.14. The molecule has 160 valence electrons. The summed E-state index contributed by atoms with van der Waals surface area (Å²) in [6, 6.07) is 14.4. The number of aryl methyl sites for hydroxylation is 1. The Morgan fingerprint density at radius 2 is 1.81 bits per heavy atom. The van der Waals surface area contributed by atoms with Gasteiger partial charge < -0.3 is 10.1 Å². The summed E-state index contributed by atoms with van der Waals surface area (Å²) in [4.78, 5) is 19.0. The maximum absolute atomic E-state index is 13.7. The predicted molar refractivity (Wildman–Crippen MR) is 123 cm³/mol. The number of hydrogen-bond acceptors (Lipinski definition) is 4. The highest BCUT2D eigenvalue weighted by molar-refractivity contribution is 7.90. The van der Waals surface area contributed by atoms with Crippen molar-refractivity contribution in [2.45, 2.75) is 11.8 Å². The third-order valence-corrected chi connectivity index (χ3v) is 7.42. The number of rotatable bonds is 4. The van der Waals surface area contributed by atoms with Crippen molar-refractivity contribution in [3.05, 3.63) is 83.1 Å². The van der Waals surface area contributed by atoms with E-state index in [0.29, 0.717) is 32.6 Å². The van der Waals surface area contributed by atoms with Crippen LogP contribution in [-0.4, -0.2) is 33.4 Å². The first-order valence-electron chi connectivity index (χ1n) is 9.60. The van der Waals surface area contributed by atoms with Gasteiger partial charge in [0, 0.05) is 34.2 Å². The highest BCUT2D eigenvalue weighted by Crippen LogP contribution is 2.37. The molecule has 0 radical (unpaired) electrons. The lowest BCUT2D eigenvalue weighted by molar-refractivity contribution is 0.0697. The van der Waals surface area contributed by atoms with Gasteiger partial charge in [-0.3, -0.25) is 0 Å². The van der Waals surface area contributed by atoms with E-state index in [1.165, 1.54) is 18.3 Å². The molecule has 0 spiro atoms. The van der Waals surface area contributed by atoms with Gasteiger partial charge in [0.2, 0.25) is 0 Å². The minimum Gasteiger partial charge on any atom is -0.478 e. The molecule has 0 amide bonds. The maximum atomic E-state index is 13.7. The van der Waals surface area contributed by atoms with Crippen molar-refractivity contribution >= 4 is 49.5 Å². The molecule has 0 aliphatic carbocycles. The number of carboxylic acid groups (broad SMARTS) is 1. The molecule has 5 rings (SSSR count). The van der Waals surface area contributed by atoms with E-state index < -0.39 is 16.0 Å². The van der Waals surface area contributed by atoms with E-state index in [1.54, 1.807) is 48.7 Å². The molecule has 0 saturated carbocycles. The molecule has 0 bridgehead atoms. The van der Waals surface area contributed by atoms with Crippen molar-refractivity contribution < 1.29 is 18.3 Å². The van der Waals surface area contributed by atoms with Gasteiger partial charge in [0.25, 0.3) is 10.0 Å². The largest absolute Gasteiger partial charge is 0.478 e. The number of carboxylic acids is 1. The van der Waals surface area contributed by atoms with Crippen molar-refractivity contribution in [2.75, 3.05) is 0 Å². The summed E-state index contributed by atoms with van der Waals surface area (Å²) < 4.78 is 28.6. The molecule has 0 saturated heterocycles. The van der Waals surface area contributed by atoms with Gasteiger partial charge in [0.1, 0.15) is 0 Å². The van der Waals surface area contributed by atoms with Crippen molar-refractivity contribution in [3.63, 3.8) is 0 Å². The van der Waals surface area contributed by atoms with Gasteiger partial charge in [-0.05, 0) is 49.4 Å². The van der Waals surface area contributed by atoms with Crippen molar-refractivity contribution in [1.82, 2.24) is 13.9 Å². The van der Waals surface area contributed by atoms with E-state index in [4.69, 9.17) is 11.6 Å². The van der Waals surface area contributed by atoms with Crippen LogP contribution in [0.25, 0.3) is 33.2 Å². The van der Waals surface area contributed by atoms with Gasteiger partial charge in [0.15, 0.2) is 5.65 Å². The molecule has 0 aliphatic rings. The highest BCUT2D eigenvalue weighted by atomic mass is 35.5. The summed E-state index contributed by atoms with van der Waals surface area (Å²) >= 11 is 6.37. The van der Waals surface area contributed by atoms with Gasteiger partial charge in [-0.15, -0.1) is 0 Å². The molecule has 0 fully saturated rings. The number of halogens is 1. The third-order valence-electron chi connectivity index (χ3n) is 5.37. The fourth-order valence-electron chi connectivity index (χ4n) is 3.76. The van der Waals surface area contributed by atoms with Crippen LogP contribution in [0, 0.1) is 6.92 Å². The number of nitrogens with zero attached hydrogens (tertiary/aromatic N) is 2. The Morgan fingerprint density at radius 1 is 1.06 bits per heavy atom. The Kier molecular flexibility index (Phi) is 4.58. The minimum absolute atomic E-state index is 0.0959. The number of aromatic carboxylic acids is 1. The fraction of sp³-hybridized carbons (Fsp3) is 0.0435. The number of nitrogens with one attached hydrogen (secondary N) is 1. The Bertz CT molecular complexity index is 1630. The molecule has 7 nitrogen and oxygen atoms in total. The van der Waals surface area contributed by atoms with Gasteiger partial charge in [-0.25, -0.2) is 22.2 Å². The van der Waals surface area contributed by atoms with Crippen LogP contribution >= 0.6 is 11.6 Å². The second-order valence-electron chi connectivity index (χ2n) is 7.41. The van der Waals surface area contributed by atoms with Crippen LogP contribution in [0.3, 0.4) is 0 Å². The van der Waals surface area contributed by atoms with Crippen molar-refractivity contribution in [2.24, 2.45) is 0 Å². The number of fused-ring (bicyclic) bond motifs is 2. The first-order chi connectivity index (χ1) is 15.3. The van der Waals surface area contributed by atoms with Gasteiger partial charge >= 0.3 is 5.97 Å². The number of carbonyl (C=O) groups is 1. The molecule has 5 aromatic rings. The zero-order valence-corrected chi connectivity index (χ0v) is 18.3. The van der Waals surface area contributed by atoms with E-state index in [0.717, 1.165) is 9.54 Å². The van der Waals surface area contributed by atoms with Crippen LogP contribution in [0.1, 0.15) is 15.9 Å². The van der Waals surface area contributed by atoms with Crippen LogP contribution in [0.5, 0.6) is 0 Å². The number of H-pyrrole nitrogens is 1. The Balaban J connectivity index is 1.87. The topological polar surface area (TPSA) is 105 Å². The summed E-state index contributed by atoms with van der Waals surface area (Å²) in [6.07, 6.45) is 3.10. The first-order valence-corrected chi connectivity index (χ1v) is 11.4. The fourth-order valence-corrected chi connectivity index (χ4v) is 5.43. The normalized spacial score (nSPS) is 11.9. The van der Waals surface area contributed by atoms with Crippen LogP contribution in [0.4, 0.5) is 0 Å². The SMILES string of the molecule is Cc1ccc(S(=O)(=O)n2c(-c3c[nH]c4ccc(C(=O)O)cc34)cc3c(Cl)ccnc32)cc1. The number of aromatic amines is 1. The molecule has 9 heteroatoms. The van der Waals surface area contributed by atoms with Gasteiger partial charge in [-0.2, -0.15) is 0 Å². The predicted octanol–water partition coefficient (Wildman–Crippen LogP) is 5.08. The maximum Gasteiger partial charge on any atom is 0.335 e. The smallest absolute Gasteiger partial charge is 0.335 e. The number of benzene rings is 2. The molecule has 2 N–H and O–H groups in total. The highest BCUT2D eigenvalue weighted by Gasteiger charge is 2.27. The Hall–Kier alpha value is -3.62. The average Bonchev–Trinajstić information content (AvgIpc) is 3.35.